The van der Waals surface area contributed by atoms with Crippen molar-refractivity contribution in [2.75, 3.05) is 36.9 Å². The second-order valence-corrected chi connectivity index (χ2v) is 9.86. The van der Waals surface area contributed by atoms with E-state index in [4.69, 9.17) is 0 Å². The highest BCUT2D eigenvalue weighted by molar-refractivity contribution is 8.01. The highest BCUT2D eigenvalue weighted by Crippen LogP contribution is 2.21. The van der Waals surface area contributed by atoms with Gasteiger partial charge in [0, 0.05) is 42.4 Å². The Morgan fingerprint density at radius 2 is 2.10 bits per heavy atom. The van der Waals surface area contributed by atoms with Crippen LogP contribution in [0.2, 0.25) is 0 Å². The zero-order chi connectivity index (χ0) is 15.4. The Hall–Kier alpha value is 0.180. The summed E-state index contributed by atoms with van der Waals surface area (Å²) >= 11 is 1.68. The summed E-state index contributed by atoms with van der Waals surface area (Å²) in [6, 6.07) is 0. The molecule has 0 aromatic carbocycles. The number of thioether (sulfide) groups is 1. The number of aliphatic hydroxyl groups excluding tert-OH is 1. The normalized spacial score (nSPS) is 23.8. The summed E-state index contributed by atoms with van der Waals surface area (Å²) in [5, 5.41) is 12.9. The van der Waals surface area contributed by atoms with Gasteiger partial charge in [0.05, 0.1) is 6.10 Å². The van der Waals surface area contributed by atoms with Gasteiger partial charge in [-0.05, 0) is 20.8 Å². The molecule has 1 aliphatic rings. The van der Waals surface area contributed by atoms with Crippen LogP contribution in [0.5, 0.6) is 0 Å². The van der Waals surface area contributed by atoms with Crippen molar-refractivity contribution in [2.45, 2.75) is 44.7 Å². The molecule has 0 radical (unpaired) electrons. The molecule has 0 bridgehead atoms. The molecule has 0 aromatic heterocycles. The van der Waals surface area contributed by atoms with Crippen LogP contribution < -0.4 is 5.32 Å². The summed E-state index contributed by atoms with van der Waals surface area (Å²) in [6.07, 6.45) is -0.549. The molecule has 120 valence electrons. The van der Waals surface area contributed by atoms with Gasteiger partial charge in [-0.1, -0.05) is 6.92 Å². The van der Waals surface area contributed by atoms with Crippen molar-refractivity contribution in [3.63, 3.8) is 0 Å². The molecule has 0 amide bonds. The van der Waals surface area contributed by atoms with E-state index >= 15 is 0 Å². The van der Waals surface area contributed by atoms with Crippen LogP contribution >= 0.6 is 11.8 Å². The number of nitrogens with zero attached hydrogens (tertiary/aromatic N) is 1. The van der Waals surface area contributed by atoms with Gasteiger partial charge in [0.1, 0.15) is 5.37 Å². The molecule has 20 heavy (non-hydrogen) atoms. The molecule has 1 heterocycles. The summed E-state index contributed by atoms with van der Waals surface area (Å²) in [5.74, 6) is 1.69. The maximum absolute atomic E-state index is 12.1. The summed E-state index contributed by atoms with van der Waals surface area (Å²) < 4.78 is 24.2. The number of β-amino-alcohol motifs (C(OH)–C–C–N with tert-alkyl or cyclic N) is 1. The smallest absolute Gasteiger partial charge is 0.166 e. The van der Waals surface area contributed by atoms with Crippen LogP contribution in [0, 0.1) is 0 Å². The fourth-order valence-corrected chi connectivity index (χ4v) is 5.20. The van der Waals surface area contributed by atoms with Gasteiger partial charge in [-0.3, -0.25) is 4.90 Å². The van der Waals surface area contributed by atoms with Crippen LogP contribution in [0.1, 0.15) is 27.7 Å². The minimum atomic E-state index is -3.09. The lowest BCUT2D eigenvalue weighted by Crippen LogP contribution is -2.52. The van der Waals surface area contributed by atoms with Gasteiger partial charge in [0.2, 0.25) is 0 Å². The van der Waals surface area contributed by atoms with Crippen molar-refractivity contribution in [1.82, 2.24) is 10.2 Å². The molecule has 0 aromatic rings. The molecule has 1 rings (SSSR count). The van der Waals surface area contributed by atoms with Crippen molar-refractivity contribution in [2.24, 2.45) is 0 Å². The largest absolute Gasteiger partial charge is 0.390 e. The van der Waals surface area contributed by atoms with E-state index in [-0.39, 0.29) is 11.3 Å². The van der Waals surface area contributed by atoms with Crippen molar-refractivity contribution in [3.8, 4) is 0 Å². The molecule has 1 fully saturated rings. The van der Waals surface area contributed by atoms with Gasteiger partial charge in [-0.15, -0.1) is 0 Å². The number of hydrogen-bond donors (Lipinski definition) is 2. The molecule has 2 atom stereocenters. The first kappa shape index (κ1) is 18.2. The fraction of sp³-hybridized carbons (Fsp3) is 1.00. The molecule has 5 nitrogen and oxygen atoms in total. The van der Waals surface area contributed by atoms with E-state index < -0.39 is 21.3 Å². The Bertz CT molecular complexity index is 393. The second-order valence-electron chi connectivity index (χ2n) is 6.26. The average molecular weight is 325 g/mol. The van der Waals surface area contributed by atoms with E-state index in [1.807, 2.05) is 25.7 Å². The van der Waals surface area contributed by atoms with Gasteiger partial charge in [-0.2, -0.15) is 11.8 Å². The van der Waals surface area contributed by atoms with E-state index in [9.17, 15) is 13.5 Å². The minimum absolute atomic E-state index is 0.0480. The lowest BCUT2D eigenvalue weighted by atomic mass is 10.1. The molecule has 0 aliphatic carbocycles. The van der Waals surface area contributed by atoms with Gasteiger partial charge >= 0.3 is 0 Å². The monoisotopic (exact) mass is 324 g/mol. The standard InChI is InChI=1S/C13H28N2O3S2/c1-5-20(17,18)12-10-19-7-6-15(12)9-11(16)8-14-13(2,3)4/h11-12,14,16H,5-10H2,1-4H3. The van der Waals surface area contributed by atoms with E-state index in [1.54, 1.807) is 18.7 Å². The summed E-state index contributed by atoms with van der Waals surface area (Å²) in [6.45, 7) is 9.43. The van der Waals surface area contributed by atoms with Crippen LogP contribution in [0.4, 0.5) is 0 Å². The molecule has 0 spiro atoms. The predicted molar refractivity (Wildman–Crippen MR) is 85.9 cm³/mol. The first-order chi connectivity index (χ1) is 9.15. The Morgan fingerprint density at radius 3 is 2.65 bits per heavy atom. The third-order valence-electron chi connectivity index (χ3n) is 3.32. The predicted octanol–water partition coefficient (Wildman–Crippen LogP) is 0.545. The Kier molecular flexibility index (Phi) is 6.79. The number of aliphatic hydroxyl groups is 1. The Morgan fingerprint density at radius 1 is 1.45 bits per heavy atom. The van der Waals surface area contributed by atoms with Crippen LogP contribution in [0.25, 0.3) is 0 Å². The van der Waals surface area contributed by atoms with Gasteiger partial charge in [-0.25, -0.2) is 8.42 Å². The average Bonchev–Trinajstić information content (AvgIpc) is 2.36. The highest BCUT2D eigenvalue weighted by atomic mass is 32.2. The molecule has 0 saturated carbocycles. The van der Waals surface area contributed by atoms with Gasteiger partial charge < -0.3 is 10.4 Å². The summed E-state index contributed by atoms with van der Waals surface area (Å²) in [5.41, 5.74) is -0.0480. The molecule has 2 N–H and O–H groups in total. The van der Waals surface area contributed by atoms with E-state index in [0.29, 0.717) is 18.8 Å². The first-order valence-electron chi connectivity index (χ1n) is 7.12. The zero-order valence-electron chi connectivity index (χ0n) is 12.9. The van der Waals surface area contributed by atoms with Gasteiger partial charge in [0.25, 0.3) is 0 Å². The number of nitrogens with one attached hydrogen (secondary N) is 1. The van der Waals surface area contributed by atoms with Crippen LogP contribution in [-0.4, -0.2) is 72.3 Å². The quantitative estimate of drug-likeness (QED) is 0.743. The van der Waals surface area contributed by atoms with E-state index in [2.05, 4.69) is 5.32 Å². The van der Waals surface area contributed by atoms with Crippen molar-refractivity contribution >= 4 is 21.6 Å². The highest BCUT2D eigenvalue weighted by Gasteiger charge is 2.33. The molecule has 2 unspecified atom stereocenters. The topological polar surface area (TPSA) is 69.6 Å². The number of rotatable bonds is 6. The molecule has 1 aliphatic heterocycles. The molecule has 1 saturated heterocycles. The SMILES string of the molecule is CCS(=O)(=O)C1CSCCN1CC(O)CNC(C)(C)C. The second kappa shape index (κ2) is 7.45. The summed E-state index contributed by atoms with van der Waals surface area (Å²) in [4.78, 5) is 1.92. The zero-order valence-corrected chi connectivity index (χ0v) is 14.6. The fourth-order valence-electron chi connectivity index (χ4n) is 2.11. The maximum atomic E-state index is 12.1. The van der Waals surface area contributed by atoms with Crippen LogP contribution in [0.3, 0.4) is 0 Å². The third kappa shape index (κ3) is 5.89. The number of sulfone groups is 1. The van der Waals surface area contributed by atoms with Gasteiger partial charge in [0.15, 0.2) is 9.84 Å². The maximum Gasteiger partial charge on any atom is 0.166 e. The van der Waals surface area contributed by atoms with Crippen LogP contribution in [-0.2, 0) is 9.84 Å². The molecular weight excluding hydrogens is 296 g/mol. The lowest BCUT2D eigenvalue weighted by Gasteiger charge is -2.36. The van der Waals surface area contributed by atoms with E-state index in [0.717, 1.165) is 12.3 Å². The van der Waals surface area contributed by atoms with Crippen molar-refractivity contribution in [1.29, 1.82) is 0 Å². The van der Waals surface area contributed by atoms with Crippen LogP contribution in [0.15, 0.2) is 0 Å². The molecular formula is C13H28N2O3S2. The lowest BCUT2D eigenvalue weighted by molar-refractivity contribution is 0.103. The summed E-state index contributed by atoms with van der Waals surface area (Å²) in [7, 11) is -3.09. The first-order valence-corrected chi connectivity index (χ1v) is 9.99. The Balaban J connectivity index is 2.59. The van der Waals surface area contributed by atoms with E-state index in [1.165, 1.54) is 0 Å². The van der Waals surface area contributed by atoms with Crippen molar-refractivity contribution in [3.05, 3.63) is 0 Å². The third-order valence-corrected chi connectivity index (χ3v) is 6.65. The molecule has 7 heteroatoms. The number of hydrogen-bond acceptors (Lipinski definition) is 6. The Labute approximate surface area is 127 Å². The minimum Gasteiger partial charge on any atom is -0.390 e. The van der Waals surface area contributed by atoms with Crippen molar-refractivity contribution < 1.29 is 13.5 Å².